The lowest BCUT2D eigenvalue weighted by molar-refractivity contribution is -0.385. The highest BCUT2D eigenvalue weighted by molar-refractivity contribution is 7.99. The zero-order valence-electron chi connectivity index (χ0n) is 15.8. The van der Waals surface area contributed by atoms with Crippen LogP contribution in [0.4, 0.5) is 11.4 Å². The van der Waals surface area contributed by atoms with Crippen molar-refractivity contribution in [1.29, 1.82) is 0 Å². The molecule has 0 aliphatic heterocycles. The predicted octanol–water partition coefficient (Wildman–Crippen LogP) is 4.57. The minimum absolute atomic E-state index is 0.0349. The lowest BCUT2D eigenvalue weighted by Crippen LogP contribution is -2.15. The molecule has 0 radical (unpaired) electrons. The third-order valence-electron chi connectivity index (χ3n) is 4.14. The molecule has 0 bridgehead atoms. The number of nitro groups is 1. The fourth-order valence-electron chi connectivity index (χ4n) is 2.73. The van der Waals surface area contributed by atoms with E-state index >= 15 is 0 Å². The van der Waals surface area contributed by atoms with E-state index < -0.39 is 4.92 Å². The molecule has 0 spiro atoms. The van der Waals surface area contributed by atoms with Gasteiger partial charge in [-0.15, -0.1) is 10.2 Å². The van der Waals surface area contributed by atoms with Gasteiger partial charge in [0.2, 0.25) is 5.91 Å². The van der Waals surface area contributed by atoms with Gasteiger partial charge in [-0.3, -0.25) is 14.9 Å². The lowest BCUT2D eigenvalue weighted by Gasteiger charge is -2.08. The Morgan fingerprint density at radius 3 is 2.76 bits per heavy atom. The average molecular weight is 432 g/mol. The molecule has 0 saturated carbocycles. The summed E-state index contributed by atoms with van der Waals surface area (Å²) < 4.78 is 1.90. The number of hydrogen-bond donors (Lipinski definition) is 1. The molecule has 0 saturated heterocycles. The van der Waals surface area contributed by atoms with Crippen molar-refractivity contribution in [1.82, 2.24) is 14.8 Å². The predicted molar refractivity (Wildman–Crippen MR) is 113 cm³/mol. The van der Waals surface area contributed by atoms with Crippen LogP contribution in [0.15, 0.2) is 47.6 Å². The highest BCUT2D eigenvalue weighted by Gasteiger charge is 2.16. The number of rotatable bonds is 7. The number of aromatic nitrogens is 3. The van der Waals surface area contributed by atoms with E-state index in [1.54, 1.807) is 25.1 Å². The molecule has 0 atom stereocenters. The summed E-state index contributed by atoms with van der Waals surface area (Å²) in [6, 6.07) is 11.9. The van der Waals surface area contributed by atoms with Crippen molar-refractivity contribution in [3.63, 3.8) is 0 Å². The number of anilines is 1. The fourth-order valence-corrected chi connectivity index (χ4v) is 3.73. The quantitative estimate of drug-likeness (QED) is 0.334. The number of nitro benzene ring substituents is 1. The lowest BCUT2D eigenvalue weighted by atomic mass is 10.2. The number of nitrogens with zero attached hydrogens (tertiary/aromatic N) is 4. The summed E-state index contributed by atoms with van der Waals surface area (Å²) in [6.45, 7) is 4.24. The summed E-state index contributed by atoms with van der Waals surface area (Å²) in [5.41, 5.74) is 1.72. The number of amides is 1. The van der Waals surface area contributed by atoms with Crippen LogP contribution in [0.1, 0.15) is 12.5 Å². The largest absolute Gasteiger partial charge is 0.325 e. The van der Waals surface area contributed by atoms with Gasteiger partial charge in [-0.05, 0) is 32.0 Å². The molecule has 3 rings (SSSR count). The van der Waals surface area contributed by atoms with E-state index in [0.29, 0.717) is 33.8 Å². The van der Waals surface area contributed by atoms with E-state index in [-0.39, 0.29) is 17.3 Å². The number of nitrogens with one attached hydrogen (secondary N) is 1. The zero-order valence-corrected chi connectivity index (χ0v) is 17.3. The molecular formula is C19H18ClN5O3S. The molecule has 8 nitrogen and oxygen atoms in total. The highest BCUT2D eigenvalue weighted by Crippen LogP contribution is 2.26. The topological polar surface area (TPSA) is 103 Å². The number of halogens is 1. The van der Waals surface area contributed by atoms with Crippen molar-refractivity contribution in [2.45, 2.75) is 25.5 Å². The molecule has 1 amide bonds. The molecule has 0 fully saturated rings. The number of aryl methyl sites for hydroxylation is 1. The first kappa shape index (κ1) is 20.8. The Bertz CT molecular complexity index is 1070. The van der Waals surface area contributed by atoms with Gasteiger partial charge in [0.25, 0.3) is 5.69 Å². The van der Waals surface area contributed by atoms with E-state index in [4.69, 9.17) is 11.6 Å². The molecule has 150 valence electrons. The smallest absolute Gasteiger partial charge is 0.274 e. The summed E-state index contributed by atoms with van der Waals surface area (Å²) in [5.74, 6) is 0.477. The standard InChI is InChI=1S/C19H18ClN5O3S/c1-3-24-18(13-5-4-6-14(20)9-13)22-23-19(24)29-11-17(26)21-15-8-7-12(2)16(10-15)25(27)28/h4-10H,3,11H2,1-2H3,(H,21,26). The van der Waals surface area contributed by atoms with E-state index in [1.165, 1.54) is 17.8 Å². The first-order valence-corrected chi connectivity index (χ1v) is 10.1. The van der Waals surface area contributed by atoms with Crippen molar-refractivity contribution >= 4 is 40.6 Å². The van der Waals surface area contributed by atoms with E-state index in [9.17, 15) is 14.9 Å². The van der Waals surface area contributed by atoms with Gasteiger partial charge in [-0.2, -0.15) is 0 Å². The van der Waals surface area contributed by atoms with Crippen LogP contribution >= 0.6 is 23.4 Å². The maximum Gasteiger partial charge on any atom is 0.274 e. The minimum atomic E-state index is -0.471. The number of hydrogen-bond acceptors (Lipinski definition) is 6. The van der Waals surface area contributed by atoms with Crippen molar-refractivity contribution in [3.8, 4) is 11.4 Å². The van der Waals surface area contributed by atoms with E-state index in [2.05, 4.69) is 15.5 Å². The average Bonchev–Trinajstić information content (AvgIpc) is 3.10. The van der Waals surface area contributed by atoms with Crippen LogP contribution in [0.3, 0.4) is 0 Å². The Hall–Kier alpha value is -2.91. The van der Waals surface area contributed by atoms with Crippen LogP contribution in [0.25, 0.3) is 11.4 Å². The second-order valence-corrected chi connectivity index (χ2v) is 7.53. The van der Waals surface area contributed by atoms with Crippen LogP contribution in [-0.4, -0.2) is 31.3 Å². The summed E-state index contributed by atoms with van der Waals surface area (Å²) in [6.07, 6.45) is 0. The first-order valence-electron chi connectivity index (χ1n) is 8.76. The van der Waals surface area contributed by atoms with Crippen LogP contribution in [-0.2, 0) is 11.3 Å². The van der Waals surface area contributed by atoms with Crippen LogP contribution in [0.2, 0.25) is 5.02 Å². The van der Waals surface area contributed by atoms with Gasteiger partial charge in [0.05, 0.1) is 10.7 Å². The maximum atomic E-state index is 12.3. The molecule has 10 heteroatoms. The fraction of sp³-hybridized carbons (Fsp3) is 0.211. The van der Waals surface area contributed by atoms with Crippen molar-refractivity contribution in [2.24, 2.45) is 0 Å². The number of benzene rings is 2. The molecule has 2 aromatic carbocycles. The maximum absolute atomic E-state index is 12.3. The molecular weight excluding hydrogens is 414 g/mol. The van der Waals surface area contributed by atoms with E-state index in [0.717, 1.165) is 5.56 Å². The third kappa shape index (κ3) is 4.93. The second kappa shape index (κ2) is 9.06. The first-order chi connectivity index (χ1) is 13.9. The zero-order chi connectivity index (χ0) is 21.0. The molecule has 0 aliphatic carbocycles. The van der Waals surface area contributed by atoms with Gasteiger partial charge in [0.15, 0.2) is 11.0 Å². The van der Waals surface area contributed by atoms with Gasteiger partial charge in [-0.25, -0.2) is 0 Å². The molecule has 1 heterocycles. The normalized spacial score (nSPS) is 10.7. The SMILES string of the molecule is CCn1c(SCC(=O)Nc2ccc(C)c([N+](=O)[O-])c2)nnc1-c1cccc(Cl)c1. The monoisotopic (exact) mass is 431 g/mol. The number of carbonyl (C=O) groups is 1. The van der Waals surface area contributed by atoms with Gasteiger partial charge in [0.1, 0.15) is 0 Å². The van der Waals surface area contributed by atoms with Gasteiger partial charge in [-0.1, -0.05) is 41.6 Å². The Morgan fingerprint density at radius 2 is 2.07 bits per heavy atom. The summed E-state index contributed by atoms with van der Waals surface area (Å²) in [7, 11) is 0. The van der Waals surface area contributed by atoms with Crippen LogP contribution in [0.5, 0.6) is 0 Å². The summed E-state index contributed by atoms with van der Waals surface area (Å²) in [5, 5.41) is 23.3. The Morgan fingerprint density at radius 1 is 1.28 bits per heavy atom. The number of thioether (sulfide) groups is 1. The highest BCUT2D eigenvalue weighted by atomic mass is 35.5. The third-order valence-corrected chi connectivity index (χ3v) is 5.34. The Balaban J connectivity index is 1.69. The second-order valence-electron chi connectivity index (χ2n) is 6.16. The van der Waals surface area contributed by atoms with Gasteiger partial charge >= 0.3 is 0 Å². The van der Waals surface area contributed by atoms with Gasteiger partial charge < -0.3 is 9.88 Å². The van der Waals surface area contributed by atoms with Crippen LogP contribution < -0.4 is 5.32 Å². The molecule has 29 heavy (non-hydrogen) atoms. The van der Waals surface area contributed by atoms with E-state index in [1.807, 2.05) is 29.7 Å². The Kier molecular flexibility index (Phi) is 6.50. The van der Waals surface area contributed by atoms with Crippen molar-refractivity contribution in [3.05, 3.63) is 63.2 Å². The van der Waals surface area contributed by atoms with Gasteiger partial charge in [0, 0.05) is 34.4 Å². The summed E-state index contributed by atoms with van der Waals surface area (Å²) in [4.78, 5) is 22.9. The number of carbonyl (C=O) groups excluding carboxylic acids is 1. The molecule has 1 aromatic heterocycles. The minimum Gasteiger partial charge on any atom is -0.325 e. The Labute approximate surface area is 176 Å². The molecule has 3 aromatic rings. The van der Waals surface area contributed by atoms with Crippen LogP contribution in [0, 0.1) is 17.0 Å². The molecule has 0 unspecified atom stereocenters. The summed E-state index contributed by atoms with van der Waals surface area (Å²) >= 11 is 7.30. The van der Waals surface area contributed by atoms with Crippen molar-refractivity contribution in [2.75, 3.05) is 11.1 Å². The molecule has 0 aliphatic rings. The van der Waals surface area contributed by atoms with Crippen molar-refractivity contribution < 1.29 is 9.72 Å². The molecule has 1 N–H and O–H groups in total.